The van der Waals surface area contributed by atoms with Gasteiger partial charge in [0.05, 0.1) is 16.8 Å². The van der Waals surface area contributed by atoms with Crippen molar-refractivity contribution in [1.29, 1.82) is 0 Å². The van der Waals surface area contributed by atoms with Crippen LogP contribution in [0.25, 0.3) is 0 Å². The van der Waals surface area contributed by atoms with E-state index in [4.69, 9.17) is 4.74 Å². The number of rotatable bonds is 6. The van der Waals surface area contributed by atoms with E-state index in [0.717, 1.165) is 25.0 Å². The van der Waals surface area contributed by atoms with Gasteiger partial charge in [-0.2, -0.15) is 4.31 Å². The van der Waals surface area contributed by atoms with Crippen LogP contribution >= 0.6 is 0 Å². The zero-order chi connectivity index (χ0) is 20.9. The van der Waals surface area contributed by atoms with Crippen molar-refractivity contribution in [2.24, 2.45) is 0 Å². The SMILES string of the molecule is C=CC(=O)NC1CCCCN(S(=O)(=O)c2ccc(Oc3cncc(C)n3)cc2)C1. The molecule has 0 spiro atoms. The molecule has 1 aliphatic rings. The molecule has 1 aromatic heterocycles. The average molecular weight is 417 g/mol. The summed E-state index contributed by atoms with van der Waals surface area (Å²) in [6.07, 6.45) is 6.63. The van der Waals surface area contributed by atoms with Gasteiger partial charge >= 0.3 is 0 Å². The number of sulfonamides is 1. The van der Waals surface area contributed by atoms with E-state index in [1.165, 1.54) is 28.7 Å². The number of nitrogens with one attached hydrogen (secondary N) is 1. The Balaban J connectivity index is 1.74. The van der Waals surface area contributed by atoms with Gasteiger partial charge < -0.3 is 10.1 Å². The van der Waals surface area contributed by atoms with E-state index in [1.807, 2.05) is 6.92 Å². The summed E-state index contributed by atoms with van der Waals surface area (Å²) in [5, 5.41) is 2.81. The van der Waals surface area contributed by atoms with Gasteiger partial charge in [-0.1, -0.05) is 13.0 Å². The summed E-state index contributed by atoms with van der Waals surface area (Å²) in [6, 6.07) is 5.96. The molecule has 0 radical (unpaired) electrons. The first kappa shape index (κ1) is 20.9. The van der Waals surface area contributed by atoms with E-state index in [9.17, 15) is 13.2 Å². The molecule has 2 aromatic rings. The lowest BCUT2D eigenvalue weighted by Crippen LogP contribution is -2.44. The molecule has 1 unspecified atom stereocenters. The Bertz CT molecular complexity index is 976. The Morgan fingerprint density at radius 3 is 2.72 bits per heavy atom. The molecule has 0 saturated carbocycles. The highest BCUT2D eigenvalue weighted by Crippen LogP contribution is 2.24. The van der Waals surface area contributed by atoms with Crippen molar-refractivity contribution in [2.45, 2.75) is 37.1 Å². The highest BCUT2D eigenvalue weighted by molar-refractivity contribution is 7.89. The molecule has 1 atom stereocenters. The van der Waals surface area contributed by atoms with Crippen molar-refractivity contribution < 1.29 is 17.9 Å². The lowest BCUT2D eigenvalue weighted by atomic mass is 10.1. The fourth-order valence-electron chi connectivity index (χ4n) is 3.14. The van der Waals surface area contributed by atoms with Crippen molar-refractivity contribution in [2.75, 3.05) is 13.1 Å². The number of carbonyl (C=O) groups is 1. The summed E-state index contributed by atoms with van der Waals surface area (Å²) in [7, 11) is -3.68. The smallest absolute Gasteiger partial charge is 0.243 e. The molecule has 0 bridgehead atoms. The summed E-state index contributed by atoms with van der Waals surface area (Å²) < 4.78 is 33.2. The minimum atomic E-state index is -3.68. The predicted octanol–water partition coefficient (Wildman–Crippen LogP) is 2.42. The van der Waals surface area contributed by atoms with Gasteiger partial charge in [0.15, 0.2) is 0 Å². The number of carbonyl (C=O) groups excluding carboxylic acids is 1. The van der Waals surface area contributed by atoms with E-state index in [0.29, 0.717) is 18.2 Å². The summed E-state index contributed by atoms with van der Waals surface area (Å²) in [5.41, 5.74) is 0.723. The van der Waals surface area contributed by atoms with Crippen molar-refractivity contribution in [3.8, 4) is 11.6 Å². The van der Waals surface area contributed by atoms with Crippen molar-refractivity contribution >= 4 is 15.9 Å². The first-order valence-electron chi connectivity index (χ1n) is 9.38. The van der Waals surface area contributed by atoms with E-state index in [1.54, 1.807) is 18.3 Å². The van der Waals surface area contributed by atoms with E-state index >= 15 is 0 Å². The maximum Gasteiger partial charge on any atom is 0.243 e. The molecule has 1 fully saturated rings. The zero-order valence-corrected chi connectivity index (χ0v) is 17.1. The van der Waals surface area contributed by atoms with Gasteiger partial charge in [0, 0.05) is 25.3 Å². The summed E-state index contributed by atoms with van der Waals surface area (Å²) in [4.78, 5) is 20.0. The molecule has 0 aliphatic carbocycles. The zero-order valence-electron chi connectivity index (χ0n) is 16.2. The Kier molecular flexibility index (Phi) is 6.60. The Morgan fingerprint density at radius 2 is 2.03 bits per heavy atom. The standard InChI is InChI=1S/C20H24N4O4S/c1-3-19(25)23-16-6-4-5-11-24(14-16)29(26,27)18-9-7-17(8-10-18)28-20-13-21-12-15(2)22-20/h3,7-10,12-13,16H,1,4-6,11,14H2,2H3,(H,23,25). The number of hydrogen-bond donors (Lipinski definition) is 1. The second kappa shape index (κ2) is 9.15. The fourth-order valence-corrected chi connectivity index (χ4v) is 4.67. The van der Waals surface area contributed by atoms with Crippen molar-refractivity contribution in [3.63, 3.8) is 0 Å². The van der Waals surface area contributed by atoms with Gasteiger partial charge in [0.2, 0.25) is 21.8 Å². The number of aryl methyl sites for hydroxylation is 1. The highest BCUT2D eigenvalue weighted by Gasteiger charge is 2.29. The maximum atomic E-state index is 13.1. The van der Waals surface area contributed by atoms with Crippen LogP contribution in [0.3, 0.4) is 0 Å². The first-order valence-corrected chi connectivity index (χ1v) is 10.8. The van der Waals surface area contributed by atoms with Gasteiger partial charge in [-0.05, 0) is 50.1 Å². The quantitative estimate of drug-likeness (QED) is 0.726. The third-order valence-corrected chi connectivity index (χ3v) is 6.46. The third kappa shape index (κ3) is 5.39. The molecule has 1 amide bonds. The number of benzene rings is 1. The van der Waals surface area contributed by atoms with Crippen LogP contribution in [0.2, 0.25) is 0 Å². The number of hydrogen-bond acceptors (Lipinski definition) is 6. The van der Waals surface area contributed by atoms with Gasteiger partial charge in [-0.15, -0.1) is 0 Å². The van der Waals surface area contributed by atoms with Crippen LogP contribution < -0.4 is 10.1 Å². The average Bonchev–Trinajstić information content (AvgIpc) is 2.94. The molecular weight excluding hydrogens is 392 g/mol. The van der Waals surface area contributed by atoms with Crippen LogP contribution in [-0.4, -0.2) is 47.7 Å². The lowest BCUT2D eigenvalue weighted by molar-refractivity contribution is -0.117. The van der Waals surface area contributed by atoms with Gasteiger partial charge in [-0.25, -0.2) is 13.4 Å². The second-order valence-electron chi connectivity index (χ2n) is 6.84. The van der Waals surface area contributed by atoms with E-state index < -0.39 is 10.0 Å². The molecule has 8 nitrogen and oxygen atoms in total. The third-order valence-electron chi connectivity index (χ3n) is 4.58. The number of nitrogens with zero attached hydrogens (tertiary/aromatic N) is 3. The van der Waals surface area contributed by atoms with E-state index in [2.05, 4.69) is 21.9 Å². The summed E-state index contributed by atoms with van der Waals surface area (Å²) in [5.74, 6) is 0.514. The summed E-state index contributed by atoms with van der Waals surface area (Å²) >= 11 is 0. The Labute approximate surface area is 170 Å². The number of amides is 1. The van der Waals surface area contributed by atoms with Crippen LogP contribution in [0, 0.1) is 6.92 Å². The Hall–Kier alpha value is -2.78. The molecule has 1 aromatic carbocycles. The molecule has 1 N–H and O–H groups in total. The van der Waals surface area contributed by atoms with Crippen LogP contribution in [0.1, 0.15) is 25.0 Å². The molecule has 154 valence electrons. The molecule has 1 aliphatic heterocycles. The molecule has 1 saturated heterocycles. The molecular formula is C20H24N4O4S. The number of aromatic nitrogens is 2. The summed E-state index contributed by atoms with van der Waals surface area (Å²) in [6.45, 7) is 5.90. The molecule has 9 heteroatoms. The van der Waals surface area contributed by atoms with Crippen LogP contribution in [0.5, 0.6) is 11.6 Å². The maximum absolute atomic E-state index is 13.1. The van der Waals surface area contributed by atoms with Gasteiger partial charge in [-0.3, -0.25) is 9.78 Å². The predicted molar refractivity (Wildman–Crippen MR) is 108 cm³/mol. The topological polar surface area (TPSA) is 101 Å². The largest absolute Gasteiger partial charge is 0.437 e. The molecule has 3 rings (SSSR count). The van der Waals surface area contributed by atoms with Gasteiger partial charge in [0.1, 0.15) is 5.75 Å². The first-order chi connectivity index (χ1) is 13.9. The Morgan fingerprint density at radius 1 is 1.28 bits per heavy atom. The van der Waals surface area contributed by atoms with Crippen molar-refractivity contribution in [3.05, 3.63) is 55.0 Å². The molecule has 29 heavy (non-hydrogen) atoms. The van der Waals surface area contributed by atoms with Gasteiger partial charge in [0.25, 0.3) is 0 Å². The minimum absolute atomic E-state index is 0.177. The van der Waals surface area contributed by atoms with E-state index in [-0.39, 0.29) is 23.4 Å². The van der Waals surface area contributed by atoms with Crippen molar-refractivity contribution in [1.82, 2.24) is 19.6 Å². The normalized spacial score (nSPS) is 17.9. The van der Waals surface area contributed by atoms with Crippen LogP contribution in [0.4, 0.5) is 0 Å². The highest BCUT2D eigenvalue weighted by atomic mass is 32.2. The second-order valence-corrected chi connectivity index (χ2v) is 8.78. The molecule has 2 heterocycles. The minimum Gasteiger partial charge on any atom is -0.437 e. The monoisotopic (exact) mass is 416 g/mol. The van der Waals surface area contributed by atoms with Crippen LogP contribution in [0.15, 0.2) is 54.2 Å². The lowest BCUT2D eigenvalue weighted by Gasteiger charge is -2.24. The number of ether oxygens (including phenoxy) is 1. The van der Waals surface area contributed by atoms with Crippen LogP contribution in [-0.2, 0) is 14.8 Å². The fraction of sp³-hybridized carbons (Fsp3) is 0.350.